The molecule has 0 heterocycles. The Hall–Kier alpha value is -1.09. The van der Waals surface area contributed by atoms with Gasteiger partial charge < -0.3 is 19.9 Å². The number of aliphatic hydroxyl groups excluding tert-OH is 1. The van der Waals surface area contributed by atoms with Crippen molar-refractivity contribution in [3.63, 3.8) is 0 Å². The Labute approximate surface area is 183 Å². The Bertz CT molecular complexity index is 791. The molecule has 0 fully saturated rings. The van der Waals surface area contributed by atoms with Crippen LogP contribution in [0.25, 0.3) is 0 Å². The first-order chi connectivity index (χ1) is 12.8. The highest BCUT2D eigenvalue weighted by Gasteiger charge is 2.17. The molecular weight excluding hydrogens is 546 g/mol. The molecule has 0 saturated heterocycles. The molecule has 1 atom stereocenters. The van der Waals surface area contributed by atoms with E-state index in [4.69, 9.17) is 9.47 Å². The predicted octanol–water partition coefficient (Wildman–Crippen LogP) is 4.25. The van der Waals surface area contributed by atoms with Crippen molar-refractivity contribution in [3.8, 4) is 11.5 Å². The number of methoxy groups -OCH3 is 2. The van der Waals surface area contributed by atoms with Crippen molar-refractivity contribution in [3.05, 3.63) is 54.9 Å². The molecule has 0 aromatic heterocycles. The van der Waals surface area contributed by atoms with E-state index in [-0.39, 0.29) is 6.42 Å². The fourth-order valence-corrected chi connectivity index (χ4v) is 4.75. The molecule has 0 aliphatic heterocycles. The van der Waals surface area contributed by atoms with Gasteiger partial charge in [0.05, 0.1) is 27.6 Å². The third-order valence-electron chi connectivity index (χ3n) is 3.92. The fourth-order valence-electron chi connectivity index (χ4n) is 2.55. The van der Waals surface area contributed by atoms with Gasteiger partial charge in [0.25, 0.3) is 0 Å². The van der Waals surface area contributed by atoms with Crippen molar-refractivity contribution in [1.29, 1.82) is 0 Å². The van der Waals surface area contributed by atoms with Crippen molar-refractivity contribution >= 4 is 53.7 Å². The Morgan fingerprint density at radius 1 is 1.04 bits per heavy atom. The van der Waals surface area contributed by atoms with Gasteiger partial charge in [-0.3, -0.25) is 4.79 Å². The number of nitrogens with one attached hydrogen (secondary N) is 1. The van der Waals surface area contributed by atoms with Crippen molar-refractivity contribution in [2.24, 2.45) is 0 Å². The summed E-state index contributed by atoms with van der Waals surface area (Å²) in [6, 6.07) is 9.42. The van der Waals surface area contributed by atoms with Crippen LogP contribution in [0.3, 0.4) is 0 Å². The van der Waals surface area contributed by atoms with Crippen LogP contribution in [-0.4, -0.2) is 37.9 Å². The lowest BCUT2D eigenvalue weighted by molar-refractivity contribution is -0.129. The van der Waals surface area contributed by atoms with E-state index in [2.05, 4.69) is 53.1 Å². The van der Waals surface area contributed by atoms with Gasteiger partial charge in [0.15, 0.2) is 0 Å². The van der Waals surface area contributed by atoms with Crippen molar-refractivity contribution < 1.29 is 19.4 Å². The molecule has 0 aliphatic rings. The zero-order valence-electron chi connectivity index (χ0n) is 14.9. The third kappa shape index (κ3) is 6.20. The summed E-state index contributed by atoms with van der Waals surface area (Å²) in [5.41, 5.74) is 1.87. The Morgan fingerprint density at radius 3 is 2.22 bits per heavy atom. The summed E-state index contributed by atoms with van der Waals surface area (Å²) in [7, 11) is 3.19. The summed E-state index contributed by atoms with van der Waals surface area (Å²) in [5.74, 6) is 1.03. The number of hydrogen-bond donors (Lipinski definition) is 2. The zero-order chi connectivity index (χ0) is 20.0. The first-order valence-electron chi connectivity index (χ1n) is 8.15. The quantitative estimate of drug-likeness (QED) is 0.502. The number of hydrogen-bond acceptors (Lipinski definition) is 4. The molecule has 0 bridgehead atoms. The maximum atomic E-state index is 12.2. The number of amides is 1. The average Bonchev–Trinajstić information content (AvgIpc) is 2.61. The Morgan fingerprint density at radius 2 is 1.67 bits per heavy atom. The molecule has 1 amide bonds. The summed E-state index contributed by atoms with van der Waals surface area (Å²) in [6.45, 7) is 0.435. The van der Waals surface area contributed by atoms with Gasteiger partial charge in [-0.1, -0.05) is 6.07 Å². The van der Waals surface area contributed by atoms with Gasteiger partial charge in [-0.25, -0.2) is 0 Å². The van der Waals surface area contributed by atoms with Crippen LogP contribution in [0.2, 0.25) is 0 Å². The minimum Gasteiger partial charge on any atom is -0.496 e. The SMILES string of the molecule is COc1ccc(CCNC(=O)C(O)Cc2cc(Br)c(OC)c(Br)c2)cc1Br. The summed E-state index contributed by atoms with van der Waals surface area (Å²) >= 11 is 10.3. The smallest absolute Gasteiger partial charge is 0.249 e. The highest BCUT2D eigenvalue weighted by Crippen LogP contribution is 2.34. The number of ether oxygens (including phenoxy) is 2. The maximum absolute atomic E-state index is 12.2. The van der Waals surface area contributed by atoms with Gasteiger partial charge in [0.2, 0.25) is 5.91 Å². The van der Waals surface area contributed by atoms with Crippen LogP contribution >= 0.6 is 47.8 Å². The number of benzene rings is 2. The fraction of sp³-hybridized carbons (Fsp3) is 0.316. The van der Waals surface area contributed by atoms with Crippen molar-refractivity contribution in [1.82, 2.24) is 5.32 Å². The van der Waals surface area contributed by atoms with E-state index in [1.165, 1.54) is 0 Å². The summed E-state index contributed by atoms with van der Waals surface area (Å²) in [6.07, 6.45) is -0.262. The molecule has 8 heteroatoms. The van der Waals surface area contributed by atoms with E-state index >= 15 is 0 Å². The second kappa shape index (κ2) is 10.5. The molecule has 0 saturated carbocycles. The lowest BCUT2D eigenvalue weighted by atomic mass is 10.1. The molecule has 146 valence electrons. The Kier molecular flexibility index (Phi) is 8.60. The molecule has 0 spiro atoms. The van der Waals surface area contributed by atoms with Crippen LogP contribution < -0.4 is 14.8 Å². The minimum absolute atomic E-state index is 0.209. The molecule has 27 heavy (non-hydrogen) atoms. The summed E-state index contributed by atoms with van der Waals surface area (Å²) in [5, 5.41) is 13.0. The van der Waals surface area contributed by atoms with Gasteiger partial charge >= 0.3 is 0 Å². The standard InChI is InChI=1S/C19H20Br3NO4/c1-26-17-4-3-11(7-13(17)20)5-6-23-19(25)16(24)10-12-8-14(21)18(27-2)15(22)9-12/h3-4,7-9,16,24H,5-6,10H2,1-2H3,(H,23,25). The average molecular weight is 566 g/mol. The second-order valence-corrected chi connectivity index (χ2v) is 8.39. The molecule has 0 radical (unpaired) electrons. The van der Waals surface area contributed by atoms with Crippen molar-refractivity contribution in [2.45, 2.75) is 18.9 Å². The topological polar surface area (TPSA) is 67.8 Å². The van der Waals surface area contributed by atoms with Crippen LogP contribution in [-0.2, 0) is 17.6 Å². The molecule has 2 aromatic rings. The van der Waals surface area contributed by atoms with Gasteiger partial charge in [0, 0.05) is 13.0 Å². The van der Waals surface area contributed by atoms with Crippen LogP contribution in [0.5, 0.6) is 11.5 Å². The number of carbonyl (C=O) groups excluding carboxylic acids is 1. The van der Waals surface area contributed by atoms with Gasteiger partial charge in [-0.2, -0.15) is 0 Å². The molecule has 2 rings (SSSR count). The zero-order valence-corrected chi connectivity index (χ0v) is 19.6. The van der Waals surface area contributed by atoms with E-state index in [0.29, 0.717) is 18.7 Å². The van der Waals surface area contributed by atoms with Crippen LogP contribution in [0.4, 0.5) is 0 Å². The van der Waals surface area contributed by atoms with Gasteiger partial charge in [-0.15, -0.1) is 0 Å². The minimum atomic E-state index is -1.13. The predicted molar refractivity (Wildman–Crippen MR) is 116 cm³/mol. The van der Waals surface area contributed by atoms with E-state index in [1.807, 2.05) is 30.3 Å². The maximum Gasteiger partial charge on any atom is 0.249 e. The van der Waals surface area contributed by atoms with Gasteiger partial charge in [-0.05, 0) is 89.6 Å². The van der Waals surface area contributed by atoms with Crippen LogP contribution in [0.15, 0.2) is 43.7 Å². The first-order valence-corrected chi connectivity index (χ1v) is 10.5. The largest absolute Gasteiger partial charge is 0.496 e. The monoisotopic (exact) mass is 563 g/mol. The lowest BCUT2D eigenvalue weighted by Crippen LogP contribution is -2.37. The third-order valence-corrected chi connectivity index (χ3v) is 5.72. The second-order valence-electron chi connectivity index (χ2n) is 5.82. The molecule has 5 nitrogen and oxygen atoms in total. The normalized spacial score (nSPS) is 11.8. The van der Waals surface area contributed by atoms with Crippen LogP contribution in [0.1, 0.15) is 11.1 Å². The highest BCUT2D eigenvalue weighted by atomic mass is 79.9. The molecular formula is C19H20Br3NO4. The van der Waals surface area contributed by atoms with E-state index in [1.54, 1.807) is 14.2 Å². The number of rotatable bonds is 8. The summed E-state index contributed by atoms with van der Waals surface area (Å²) in [4.78, 5) is 12.2. The van der Waals surface area contributed by atoms with E-state index in [9.17, 15) is 9.90 Å². The molecule has 2 N–H and O–H groups in total. The number of carbonyl (C=O) groups is 1. The van der Waals surface area contributed by atoms with Crippen LogP contribution in [0, 0.1) is 0 Å². The molecule has 1 unspecified atom stereocenters. The first kappa shape index (κ1) is 22.2. The highest BCUT2D eigenvalue weighted by molar-refractivity contribution is 9.11. The van der Waals surface area contributed by atoms with Gasteiger partial charge in [0.1, 0.15) is 17.6 Å². The summed E-state index contributed by atoms with van der Waals surface area (Å²) < 4.78 is 12.8. The molecule has 0 aliphatic carbocycles. The van der Waals surface area contributed by atoms with Crippen molar-refractivity contribution in [2.75, 3.05) is 20.8 Å². The Balaban J connectivity index is 1.88. The number of halogens is 3. The van der Waals surface area contributed by atoms with E-state index < -0.39 is 12.0 Å². The number of aliphatic hydroxyl groups is 1. The van der Waals surface area contributed by atoms with E-state index in [0.717, 1.165) is 30.3 Å². The molecule has 2 aromatic carbocycles. The lowest BCUT2D eigenvalue weighted by Gasteiger charge is -2.14.